The fraction of sp³-hybridized carbons (Fsp3) is 0.320. The number of H-pyrrole nitrogens is 1. The lowest BCUT2D eigenvalue weighted by molar-refractivity contribution is -0.115. The second-order valence-electron chi connectivity index (χ2n) is 8.77. The average molecular weight is 402 g/mol. The first-order chi connectivity index (χ1) is 14.4. The summed E-state index contributed by atoms with van der Waals surface area (Å²) < 4.78 is 0. The maximum Gasteiger partial charge on any atom is 0.225 e. The zero-order valence-electron chi connectivity index (χ0n) is 17.7. The Hall–Kier alpha value is -3.21. The van der Waals surface area contributed by atoms with Crippen LogP contribution in [-0.2, 0) is 17.6 Å². The Morgan fingerprint density at radius 2 is 1.93 bits per heavy atom. The number of Topliss-reactive ketones (excluding diaryl/α,β-unsaturated/α-hetero) is 1. The molecule has 154 valence electrons. The Balaban J connectivity index is 1.82. The van der Waals surface area contributed by atoms with Gasteiger partial charge < -0.3 is 10.3 Å². The molecule has 0 fully saturated rings. The third-order valence-corrected chi connectivity index (χ3v) is 5.62. The van der Waals surface area contributed by atoms with Gasteiger partial charge in [0.05, 0.1) is 5.69 Å². The van der Waals surface area contributed by atoms with Crippen molar-refractivity contribution in [3.63, 3.8) is 0 Å². The van der Waals surface area contributed by atoms with Gasteiger partial charge in [0.25, 0.3) is 0 Å². The minimum Gasteiger partial charge on any atom is -0.358 e. The number of rotatable bonds is 5. The lowest BCUT2D eigenvalue weighted by atomic mass is 9.75. The molecule has 0 atom stereocenters. The van der Waals surface area contributed by atoms with Crippen LogP contribution in [0.1, 0.15) is 60.8 Å². The Bertz CT molecular complexity index is 1100. The molecule has 1 aliphatic rings. The number of nitrogens with zero attached hydrogens (tertiary/aromatic N) is 1. The standard InChI is InChI=1S/C25H27N3O2/c1-4-22(30)28-21-13-17(10-11-26-21)24-18(12-16-8-6-5-7-9-16)23-19(27-24)14-25(2,3)15-20(23)29/h5-11,13,27H,4,12,14-15H2,1-3H3,(H,26,28,30). The van der Waals surface area contributed by atoms with Crippen molar-refractivity contribution >= 4 is 17.5 Å². The molecule has 4 rings (SSSR count). The monoisotopic (exact) mass is 401 g/mol. The molecule has 3 aromatic rings. The number of anilines is 1. The Kier molecular flexibility index (Phi) is 5.29. The summed E-state index contributed by atoms with van der Waals surface area (Å²) in [6.07, 6.45) is 4.14. The number of aromatic amines is 1. The molecule has 1 aromatic carbocycles. The summed E-state index contributed by atoms with van der Waals surface area (Å²) in [4.78, 5) is 32.8. The number of hydrogen-bond donors (Lipinski definition) is 2. The maximum absolute atomic E-state index is 13.1. The van der Waals surface area contributed by atoms with Gasteiger partial charge in [-0.2, -0.15) is 0 Å². The molecule has 2 heterocycles. The van der Waals surface area contributed by atoms with Gasteiger partial charge in [-0.25, -0.2) is 4.98 Å². The molecule has 0 radical (unpaired) electrons. The molecule has 0 spiro atoms. The Morgan fingerprint density at radius 1 is 1.17 bits per heavy atom. The van der Waals surface area contributed by atoms with Gasteiger partial charge in [-0.05, 0) is 35.1 Å². The van der Waals surface area contributed by atoms with Gasteiger partial charge >= 0.3 is 0 Å². The van der Waals surface area contributed by atoms with E-state index in [2.05, 4.69) is 41.3 Å². The highest BCUT2D eigenvalue weighted by molar-refractivity contribution is 6.02. The van der Waals surface area contributed by atoms with Crippen LogP contribution in [0.4, 0.5) is 5.82 Å². The van der Waals surface area contributed by atoms with Crippen LogP contribution < -0.4 is 5.32 Å². The largest absolute Gasteiger partial charge is 0.358 e. The van der Waals surface area contributed by atoms with Crippen LogP contribution in [0.2, 0.25) is 0 Å². The maximum atomic E-state index is 13.1. The number of hydrogen-bond acceptors (Lipinski definition) is 3. The zero-order valence-corrected chi connectivity index (χ0v) is 17.7. The van der Waals surface area contributed by atoms with Crippen molar-refractivity contribution in [2.75, 3.05) is 5.32 Å². The number of fused-ring (bicyclic) bond motifs is 1. The van der Waals surface area contributed by atoms with Crippen molar-refractivity contribution in [1.82, 2.24) is 9.97 Å². The van der Waals surface area contributed by atoms with E-state index in [1.807, 2.05) is 37.3 Å². The van der Waals surface area contributed by atoms with Crippen molar-refractivity contribution in [2.24, 2.45) is 5.41 Å². The van der Waals surface area contributed by atoms with Crippen molar-refractivity contribution < 1.29 is 9.59 Å². The number of ketones is 1. The van der Waals surface area contributed by atoms with Gasteiger partial charge in [0.1, 0.15) is 5.82 Å². The lowest BCUT2D eigenvalue weighted by Gasteiger charge is -2.28. The van der Waals surface area contributed by atoms with Crippen molar-refractivity contribution in [2.45, 2.75) is 46.5 Å². The number of pyridine rings is 1. The second kappa shape index (κ2) is 7.90. The number of carbonyl (C=O) groups is 2. The van der Waals surface area contributed by atoms with E-state index in [9.17, 15) is 9.59 Å². The molecule has 2 N–H and O–H groups in total. The normalized spacial score (nSPS) is 15.0. The molecule has 1 amide bonds. The number of aromatic nitrogens is 2. The van der Waals surface area contributed by atoms with Crippen LogP contribution in [0, 0.1) is 5.41 Å². The van der Waals surface area contributed by atoms with Crippen LogP contribution >= 0.6 is 0 Å². The highest BCUT2D eigenvalue weighted by atomic mass is 16.1. The minimum absolute atomic E-state index is 0.0608. The molecular weight excluding hydrogens is 374 g/mol. The van der Waals surface area contributed by atoms with E-state index < -0.39 is 0 Å². The van der Waals surface area contributed by atoms with Gasteiger partial charge in [0.15, 0.2) is 5.78 Å². The summed E-state index contributed by atoms with van der Waals surface area (Å²) in [5, 5.41) is 2.82. The third kappa shape index (κ3) is 4.06. The highest BCUT2D eigenvalue weighted by Gasteiger charge is 2.35. The summed E-state index contributed by atoms with van der Waals surface area (Å²) in [5.74, 6) is 0.638. The SMILES string of the molecule is CCC(=O)Nc1cc(-c2[nH]c3c(c2Cc2ccccc2)C(=O)CC(C)(C)C3)ccn1. The number of amides is 1. The quantitative estimate of drug-likeness (QED) is 0.619. The number of benzene rings is 1. The Labute approximate surface area is 176 Å². The van der Waals surface area contributed by atoms with E-state index in [4.69, 9.17) is 0 Å². The van der Waals surface area contributed by atoms with Gasteiger partial charge in [-0.1, -0.05) is 51.1 Å². The zero-order chi connectivity index (χ0) is 21.3. The topological polar surface area (TPSA) is 74.8 Å². The predicted octanol–water partition coefficient (Wildman–Crippen LogP) is 5.17. The van der Waals surface area contributed by atoms with Crippen molar-refractivity contribution in [3.05, 3.63) is 71.0 Å². The highest BCUT2D eigenvalue weighted by Crippen LogP contribution is 2.40. The van der Waals surface area contributed by atoms with E-state index in [1.165, 1.54) is 0 Å². The third-order valence-electron chi connectivity index (χ3n) is 5.62. The van der Waals surface area contributed by atoms with Crippen molar-refractivity contribution in [3.8, 4) is 11.3 Å². The number of nitrogens with one attached hydrogen (secondary N) is 2. The fourth-order valence-corrected chi connectivity index (χ4v) is 4.24. The lowest BCUT2D eigenvalue weighted by Crippen LogP contribution is -2.27. The van der Waals surface area contributed by atoms with Crippen LogP contribution in [0.5, 0.6) is 0 Å². The number of carbonyl (C=O) groups excluding carboxylic acids is 2. The van der Waals surface area contributed by atoms with Crippen LogP contribution in [0.3, 0.4) is 0 Å². The van der Waals surface area contributed by atoms with Crippen LogP contribution in [-0.4, -0.2) is 21.7 Å². The van der Waals surface area contributed by atoms with Crippen LogP contribution in [0.25, 0.3) is 11.3 Å². The van der Waals surface area contributed by atoms with E-state index in [-0.39, 0.29) is 17.1 Å². The smallest absolute Gasteiger partial charge is 0.225 e. The van der Waals surface area contributed by atoms with Gasteiger partial charge in [-0.15, -0.1) is 0 Å². The summed E-state index contributed by atoms with van der Waals surface area (Å²) >= 11 is 0. The predicted molar refractivity (Wildman–Crippen MR) is 119 cm³/mol. The molecule has 0 saturated heterocycles. The molecule has 5 heteroatoms. The minimum atomic E-state index is -0.0770. The van der Waals surface area contributed by atoms with Crippen molar-refractivity contribution in [1.29, 1.82) is 0 Å². The molecule has 0 bridgehead atoms. The summed E-state index contributed by atoms with van der Waals surface area (Å²) in [6, 6.07) is 14.0. The van der Waals surface area contributed by atoms with E-state index in [1.54, 1.807) is 6.20 Å². The molecule has 0 unspecified atom stereocenters. The molecule has 30 heavy (non-hydrogen) atoms. The molecule has 1 aliphatic carbocycles. The molecule has 0 aliphatic heterocycles. The van der Waals surface area contributed by atoms with Gasteiger partial charge in [0.2, 0.25) is 5.91 Å². The van der Waals surface area contributed by atoms with E-state index in [0.717, 1.165) is 40.1 Å². The molecule has 2 aromatic heterocycles. The Morgan fingerprint density at radius 3 is 2.67 bits per heavy atom. The first-order valence-electron chi connectivity index (χ1n) is 10.4. The van der Waals surface area contributed by atoms with Crippen LogP contribution in [0.15, 0.2) is 48.7 Å². The molecule has 5 nitrogen and oxygen atoms in total. The van der Waals surface area contributed by atoms with E-state index in [0.29, 0.717) is 25.1 Å². The fourth-order valence-electron chi connectivity index (χ4n) is 4.24. The average Bonchev–Trinajstić information content (AvgIpc) is 3.06. The molecular formula is C25H27N3O2. The van der Waals surface area contributed by atoms with E-state index >= 15 is 0 Å². The first kappa shape index (κ1) is 20.1. The van der Waals surface area contributed by atoms with Gasteiger partial charge in [-0.3, -0.25) is 9.59 Å². The van der Waals surface area contributed by atoms with Gasteiger partial charge in [0, 0.05) is 42.3 Å². The second-order valence-corrected chi connectivity index (χ2v) is 8.77. The molecule has 0 saturated carbocycles. The summed E-state index contributed by atoms with van der Waals surface area (Å²) in [7, 11) is 0. The summed E-state index contributed by atoms with van der Waals surface area (Å²) in [5.41, 5.74) is 5.82. The first-order valence-corrected chi connectivity index (χ1v) is 10.4. The summed E-state index contributed by atoms with van der Waals surface area (Å²) in [6.45, 7) is 6.08.